The average molecular weight is 423 g/mol. The fourth-order valence-electron chi connectivity index (χ4n) is 3.15. The molecule has 2 aromatic carbocycles. The van der Waals surface area contributed by atoms with Gasteiger partial charge in [0.15, 0.2) is 6.54 Å². The Hall–Kier alpha value is -2.33. The van der Waals surface area contributed by atoms with E-state index in [1.165, 1.54) is 22.5 Å². The van der Waals surface area contributed by atoms with Crippen LogP contribution in [0.1, 0.15) is 5.56 Å². The second kappa shape index (κ2) is 9.45. The second-order valence-corrected chi connectivity index (χ2v) is 8.93. The first-order chi connectivity index (χ1) is 13.9. The van der Waals surface area contributed by atoms with E-state index in [9.17, 15) is 17.6 Å². The molecule has 9 heteroatoms. The van der Waals surface area contributed by atoms with Crippen molar-refractivity contribution in [2.75, 3.05) is 45.2 Å². The summed E-state index contributed by atoms with van der Waals surface area (Å²) < 4.78 is 45.5. The highest BCUT2D eigenvalue weighted by atomic mass is 32.2. The van der Waals surface area contributed by atoms with E-state index >= 15 is 0 Å². The van der Waals surface area contributed by atoms with Gasteiger partial charge in [-0.15, -0.1) is 0 Å². The number of rotatable bonds is 7. The lowest BCUT2D eigenvalue weighted by Gasteiger charge is -2.26. The van der Waals surface area contributed by atoms with Gasteiger partial charge in [-0.1, -0.05) is 18.2 Å². The number of ether oxygens (including phenoxy) is 1. The molecule has 29 heavy (non-hydrogen) atoms. The van der Waals surface area contributed by atoms with Gasteiger partial charge < -0.3 is 15.0 Å². The summed E-state index contributed by atoms with van der Waals surface area (Å²) >= 11 is 0. The molecule has 3 rings (SSSR count). The minimum absolute atomic E-state index is 0.155. The molecule has 0 bridgehead atoms. The van der Waals surface area contributed by atoms with Crippen molar-refractivity contribution in [1.29, 1.82) is 0 Å². The van der Waals surface area contributed by atoms with Crippen molar-refractivity contribution in [2.45, 2.75) is 11.4 Å². The quantitative estimate of drug-likeness (QED) is 0.681. The van der Waals surface area contributed by atoms with Crippen LogP contribution in [-0.2, 0) is 26.1 Å². The van der Waals surface area contributed by atoms with Crippen LogP contribution < -0.4 is 10.2 Å². The number of benzene rings is 2. The third-order valence-electron chi connectivity index (χ3n) is 4.66. The number of nitrogens with one attached hydrogen (secondary N) is 2. The predicted molar refractivity (Wildman–Crippen MR) is 107 cm³/mol. The summed E-state index contributed by atoms with van der Waals surface area (Å²) in [4.78, 5) is 13.3. The van der Waals surface area contributed by atoms with Gasteiger partial charge in [-0.05, 0) is 30.3 Å². The number of hydrogen-bond acceptors (Lipinski definition) is 4. The molecule has 1 saturated heterocycles. The first kappa shape index (κ1) is 21.4. The van der Waals surface area contributed by atoms with Gasteiger partial charge in [0.25, 0.3) is 5.91 Å². The van der Waals surface area contributed by atoms with E-state index in [0.717, 1.165) is 4.90 Å². The number of sulfonamides is 1. The number of quaternary nitrogens is 1. The Kier molecular flexibility index (Phi) is 6.96. The summed E-state index contributed by atoms with van der Waals surface area (Å²) in [6.07, 6.45) is 0. The molecular formula is C20H25FN3O4S+. The van der Waals surface area contributed by atoms with Crippen molar-refractivity contribution >= 4 is 21.6 Å². The Labute approximate surface area is 170 Å². The molecule has 2 N–H and O–H groups in total. The van der Waals surface area contributed by atoms with Gasteiger partial charge in [0.05, 0.1) is 25.2 Å². The number of likely N-dealkylation sites (N-methyl/N-ethyl adjacent to an activating group) is 1. The highest BCUT2D eigenvalue weighted by Gasteiger charge is 2.26. The topological polar surface area (TPSA) is 80.2 Å². The summed E-state index contributed by atoms with van der Waals surface area (Å²) in [5.41, 5.74) is 1.06. The molecule has 7 nitrogen and oxygen atoms in total. The fourth-order valence-corrected chi connectivity index (χ4v) is 4.56. The molecule has 1 amide bonds. The maximum Gasteiger partial charge on any atom is 0.279 e. The number of halogens is 1. The molecule has 0 aromatic heterocycles. The largest absolute Gasteiger partial charge is 0.379 e. The van der Waals surface area contributed by atoms with Crippen LogP contribution in [0, 0.1) is 5.82 Å². The molecule has 1 atom stereocenters. The molecule has 1 fully saturated rings. The molecular weight excluding hydrogens is 397 g/mol. The summed E-state index contributed by atoms with van der Waals surface area (Å²) in [5, 5.41) is 2.75. The van der Waals surface area contributed by atoms with Crippen LogP contribution >= 0.6 is 0 Å². The van der Waals surface area contributed by atoms with Crippen LogP contribution in [0.25, 0.3) is 0 Å². The number of hydrogen-bond donors (Lipinski definition) is 2. The summed E-state index contributed by atoms with van der Waals surface area (Å²) in [5.74, 6) is -0.521. The van der Waals surface area contributed by atoms with Gasteiger partial charge >= 0.3 is 0 Å². The van der Waals surface area contributed by atoms with Gasteiger partial charge in [-0.25, -0.2) is 12.8 Å². The number of morpholine rings is 1. The monoisotopic (exact) mass is 422 g/mol. The van der Waals surface area contributed by atoms with E-state index in [1.54, 1.807) is 30.3 Å². The maximum absolute atomic E-state index is 13.7. The Morgan fingerprint density at radius 1 is 1.14 bits per heavy atom. The van der Waals surface area contributed by atoms with Crippen molar-refractivity contribution in [3.63, 3.8) is 0 Å². The van der Waals surface area contributed by atoms with Crippen LogP contribution in [0.2, 0.25) is 0 Å². The Morgan fingerprint density at radius 2 is 1.79 bits per heavy atom. The zero-order valence-corrected chi connectivity index (χ0v) is 17.0. The van der Waals surface area contributed by atoms with E-state index < -0.39 is 10.0 Å². The lowest BCUT2D eigenvalue weighted by molar-refractivity contribution is -0.885. The third-order valence-corrected chi connectivity index (χ3v) is 6.57. The zero-order valence-electron chi connectivity index (χ0n) is 16.2. The van der Waals surface area contributed by atoms with Crippen LogP contribution in [0.15, 0.2) is 53.4 Å². The molecule has 0 radical (unpaired) electrons. The number of amides is 1. The van der Waals surface area contributed by atoms with Gasteiger partial charge in [-0.2, -0.15) is 4.31 Å². The first-order valence-electron chi connectivity index (χ1n) is 9.39. The van der Waals surface area contributed by atoms with Crippen LogP contribution in [-0.4, -0.2) is 58.5 Å². The van der Waals surface area contributed by atoms with Gasteiger partial charge in [0.2, 0.25) is 10.0 Å². The highest BCUT2D eigenvalue weighted by Crippen LogP contribution is 2.19. The normalized spacial score (nSPS) is 16.3. The molecule has 0 spiro atoms. The van der Waals surface area contributed by atoms with Crippen molar-refractivity contribution in [2.24, 2.45) is 0 Å². The van der Waals surface area contributed by atoms with Crippen molar-refractivity contribution in [3.05, 3.63) is 59.9 Å². The number of nitrogens with zero attached hydrogens (tertiary/aromatic N) is 1. The maximum atomic E-state index is 13.7. The molecule has 1 unspecified atom stereocenters. The highest BCUT2D eigenvalue weighted by molar-refractivity contribution is 7.89. The standard InChI is InChI=1S/C20H24FN3O4S/c1-23(14-16-4-2-3-5-19(16)21)15-20(25)22-17-6-8-18(9-7-17)29(26,27)24-10-12-28-13-11-24/h2-9H,10-15H2,1H3,(H,22,25)/p+1. The van der Waals surface area contributed by atoms with Crippen molar-refractivity contribution in [3.8, 4) is 0 Å². The number of carbonyl (C=O) groups is 1. The van der Waals surface area contributed by atoms with Crippen LogP contribution in [0.4, 0.5) is 10.1 Å². The Balaban J connectivity index is 1.56. The summed E-state index contributed by atoms with van der Waals surface area (Å²) in [6.45, 7) is 1.97. The second-order valence-electron chi connectivity index (χ2n) is 6.99. The molecule has 0 aliphatic carbocycles. The van der Waals surface area contributed by atoms with Gasteiger partial charge in [0, 0.05) is 24.3 Å². The molecule has 1 heterocycles. The molecule has 156 valence electrons. The molecule has 0 saturated carbocycles. The van der Waals surface area contributed by atoms with E-state index in [-0.39, 0.29) is 23.2 Å². The van der Waals surface area contributed by atoms with Crippen molar-refractivity contribution < 1.29 is 27.2 Å². The van der Waals surface area contributed by atoms with Crippen LogP contribution in [0.5, 0.6) is 0 Å². The molecule has 1 aliphatic heterocycles. The van der Waals surface area contributed by atoms with E-state index in [4.69, 9.17) is 4.74 Å². The van der Waals surface area contributed by atoms with Gasteiger partial charge in [0.1, 0.15) is 12.4 Å². The van der Waals surface area contributed by atoms with E-state index in [0.29, 0.717) is 44.1 Å². The van der Waals surface area contributed by atoms with Crippen LogP contribution in [0.3, 0.4) is 0 Å². The molecule has 2 aromatic rings. The Morgan fingerprint density at radius 3 is 2.45 bits per heavy atom. The van der Waals surface area contributed by atoms with E-state index in [2.05, 4.69) is 5.32 Å². The average Bonchev–Trinajstić information content (AvgIpc) is 2.70. The van der Waals surface area contributed by atoms with Gasteiger partial charge in [-0.3, -0.25) is 4.79 Å². The predicted octanol–water partition coefficient (Wildman–Crippen LogP) is 0.500. The SMILES string of the molecule is C[NH+](CC(=O)Nc1ccc(S(=O)(=O)N2CCOCC2)cc1)Cc1ccccc1F. The number of anilines is 1. The third kappa shape index (κ3) is 5.60. The lowest BCUT2D eigenvalue weighted by Crippen LogP contribution is -3.08. The first-order valence-corrected chi connectivity index (χ1v) is 10.8. The summed E-state index contributed by atoms with van der Waals surface area (Å²) in [7, 11) is -1.75. The number of carbonyl (C=O) groups excluding carboxylic acids is 1. The Bertz CT molecular complexity index is 944. The van der Waals surface area contributed by atoms with Crippen molar-refractivity contribution in [1.82, 2.24) is 4.31 Å². The molecule has 1 aliphatic rings. The minimum Gasteiger partial charge on any atom is -0.379 e. The zero-order chi connectivity index (χ0) is 20.9. The summed E-state index contributed by atoms with van der Waals surface area (Å²) in [6, 6.07) is 12.6. The fraction of sp³-hybridized carbons (Fsp3) is 0.350. The smallest absolute Gasteiger partial charge is 0.279 e. The lowest BCUT2D eigenvalue weighted by atomic mass is 10.2. The minimum atomic E-state index is -3.56. The van der Waals surface area contributed by atoms with E-state index in [1.807, 2.05) is 7.05 Å².